The van der Waals surface area contributed by atoms with Gasteiger partial charge in [0.25, 0.3) is 0 Å². The molecule has 0 radical (unpaired) electrons. The Kier molecular flexibility index (Phi) is 3.49. The summed E-state index contributed by atoms with van der Waals surface area (Å²) in [6.45, 7) is 3.50. The Morgan fingerprint density at radius 2 is 1.94 bits per heavy atom. The molecule has 0 bridgehead atoms. The van der Waals surface area contributed by atoms with Crippen molar-refractivity contribution in [1.29, 1.82) is 0 Å². The van der Waals surface area contributed by atoms with Crippen LogP contribution in [0.5, 0.6) is 0 Å². The van der Waals surface area contributed by atoms with Gasteiger partial charge < -0.3 is 5.73 Å². The highest BCUT2D eigenvalue weighted by molar-refractivity contribution is 9.10. The SMILES string of the molecule is CC(C)(C(N)=O)c1nc(-c2ccc(Br)cc2)ns1. The van der Waals surface area contributed by atoms with Crippen molar-refractivity contribution in [3.63, 3.8) is 0 Å². The van der Waals surface area contributed by atoms with Crippen molar-refractivity contribution in [3.8, 4) is 11.4 Å². The van der Waals surface area contributed by atoms with Crippen molar-refractivity contribution < 1.29 is 4.79 Å². The van der Waals surface area contributed by atoms with Gasteiger partial charge in [-0.25, -0.2) is 4.98 Å². The van der Waals surface area contributed by atoms with Gasteiger partial charge in [-0.2, -0.15) is 4.37 Å². The minimum Gasteiger partial charge on any atom is -0.369 e. The number of benzene rings is 1. The Morgan fingerprint density at radius 3 is 2.50 bits per heavy atom. The topological polar surface area (TPSA) is 68.9 Å². The summed E-state index contributed by atoms with van der Waals surface area (Å²) in [5.74, 6) is 0.220. The molecular weight excluding hydrogens is 314 g/mol. The van der Waals surface area contributed by atoms with E-state index < -0.39 is 11.3 Å². The maximum absolute atomic E-state index is 11.4. The number of aromatic nitrogens is 2. The summed E-state index contributed by atoms with van der Waals surface area (Å²) < 4.78 is 5.27. The molecule has 2 aromatic rings. The fraction of sp³-hybridized carbons (Fsp3) is 0.250. The van der Waals surface area contributed by atoms with E-state index in [1.807, 2.05) is 24.3 Å². The van der Waals surface area contributed by atoms with Crippen LogP contribution in [-0.2, 0) is 10.2 Å². The zero-order valence-electron chi connectivity index (χ0n) is 9.98. The van der Waals surface area contributed by atoms with E-state index in [0.29, 0.717) is 10.8 Å². The molecule has 6 heteroatoms. The second-order valence-electron chi connectivity index (χ2n) is 4.42. The summed E-state index contributed by atoms with van der Waals surface area (Å²) in [4.78, 5) is 15.8. The average Bonchev–Trinajstić information content (AvgIpc) is 2.79. The van der Waals surface area contributed by atoms with Crippen LogP contribution in [0.3, 0.4) is 0 Å². The lowest BCUT2D eigenvalue weighted by Gasteiger charge is -2.15. The number of nitrogens with two attached hydrogens (primary N) is 1. The van der Waals surface area contributed by atoms with Crippen LogP contribution >= 0.6 is 27.5 Å². The number of amides is 1. The summed E-state index contributed by atoms with van der Waals surface area (Å²) >= 11 is 4.58. The average molecular weight is 326 g/mol. The monoisotopic (exact) mass is 325 g/mol. The summed E-state index contributed by atoms with van der Waals surface area (Å²) in [5, 5.41) is 0.632. The van der Waals surface area contributed by atoms with Gasteiger partial charge in [-0.15, -0.1) is 0 Å². The van der Waals surface area contributed by atoms with Crippen molar-refractivity contribution in [2.24, 2.45) is 5.73 Å². The lowest BCUT2D eigenvalue weighted by atomic mass is 9.94. The highest BCUT2D eigenvalue weighted by Crippen LogP contribution is 2.28. The quantitative estimate of drug-likeness (QED) is 0.943. The van der Waals surface area contributed by atoms with Crippen LogP contribution in [0.1, 0.15) is 18.9 Å². The van der Waals surface area contributed by atoms with Crippen LogP contribution in [0.25, 0.3) is 11.4 Å². The summed E-state index contributed by atoms with van der Waals surface area (Å²) in [6.07, 6.45) is 0. The third-order valence-corrected chi connectivity index (χ3v) is 4.25. The molecule has 0 unspecified atom stereocenters. The van der Waals surface area contributed by atoms with Gasteiger partial charge in [0.05, 0.1) is 5.41 Å². The van der Waals surface area contributed by atoms with Gasteiger partial charge in [-0.05, 0) is 37.5 Å². The van der Waals surface area contributed by atoms with Crippen molar-refractivity contribution in [3.05, 3.63) is 33.7 Å². The van der Waals surface area contributed by atoms with Crippen molar-refractivity contribution in [1.82, 2.24) is 9.36 Å². The molecule has 1 amide bonds. The second kappa shape index (κ2) is 4.78. The third-order valence-electron chi connectivity index (χ3n) is 2.68. The van der Waals surface area contributed by atoms with Crippen molar-refractivity contribution in [2.45, 2.75) is 19.3 Å². The highest BCUT2D eigenvalue weighted by atomic mass is 79.9. The maximum atomic E-state index is 11.4. The maximum Gasteiger partial charge on any atom is 0.230 e. The van der Waals surface area contributed by atoms with E-state index in [9.17, 15) is 4.79 Å². The first-order valence-corrected chi connectivity index (χ1v) is 6.88. The van der Waals surface area contributed by atoms with Crippen LogP contribution in [-0.4, -0.2) is 15.3 Å². The molecular formula is C12H12BrN3OS. The Bertz CT molecular complexity index is 577. The molecule has 0 spiro atoms. The predicted molar refractivity (Wildman–Crippen MR) is 75.3 cm³/mol. The third kappa shape index (κ3) is 2.44. The largest absolute Gasteiger partial charge is 0.369 e. The van der Waals surface area contributed by atoms with Crippen molar-refractivity contribution in [2.75, 3.05) is 0 Å². The number of halogens is 1. The number of hydrogen-bond acceptors (Lipinski definition) is 4. The molecule has 0 aliphatic rings. The molecule has 4 nitrogen and oxygen atoms in total. The van der Waals surface area contributed by atoms with E-state index in [1.165, 1.54) is 11.5 Å². The van der Waals surface area contributed by atoms with Gasteiger partial charge in [0.1, 0.15) is 5.01 Å². The number of primary amides is 1. The molecule has 0 aliphatic carbocycles. The van der Waals surface area contributed by atoms with Crippen LogP contribution in [0, 0.1) is 0 Å². The Morgan fingerprint density at radius 1 is 1.33 bits per heavy atom. The van der Waals surface area contributed by atoms with E-state index in [1.54, 1.807) is 13.8 Å². The minimum absolute atomic E-state index is 0.402. The smallest absolute Gasteiger partial charge is 0.230 e. The van der Waals surface area contributed by atoms with Crippen LogP contribution < -0.4 is 5.73 Å². The summed E-state index contributed by atoms with van der Waals surface area (Å²) in [5.41, 5.74) is 5.49. The molecule has 2 rings (SSSR count). The summed E-state index contributed by atoms with van der Waals surface area (Å²) in [7, 11) is 0. The van der Waals surface area contributed by atoms with Gasteiger partial charge in [0.15, 0.2) is 5.82 Å². The normalized spacial score (nSPS) is 11.5. The fourth-order valence-electron chi connectivity index (χ4n) is 1.30. The van der Waals surface area contributed by atoms with Gasteiger partial charge in [-0.1, -0.05) is 28.1 Å². The lowest BCUT2D eigenvalue weighted by Crippen LogP contribution is -2.35. The zero-order valence-corrected chi connectivity index (χ0v) is 12.4. The Hall–Kier alpha value is -1.27. The highest BCUT2D eigenvalue weighted by Gasteiger charge is 2.31. The number of carbonyl (C=O) groups is 1. The summed E-state index contributed by atoms with van der Waals surface area (Å²) in [6, 6.07) is 7.70. The van der Waals surface area contributed by atoms with Gasteiger partial charge in [-0.3, -0.25) is 4.79 Å². The first-order chi connectivity index (χ1) is 8.41. The van der Waals surface area contributed by atoms with E-state index in [-0.39, 0.29) is 0 Å². The predicted octanol–water partition coefficient (Wildman–Crippen LogP) is 2.73. The zero-order chi connectivity index (χ0) is 13.3. The standard InChI is InChI=1S/C12H12BrN3OS/c1-12(2,10(14)17)11-15-9(16-18-11)7-3-5-8(13)6-4-7/h3-6H,1-2H3,(H2,14,17). The number of rotatable bonds is 3. The molecule has 0 aliphatic heterocycles. The molecule has 1 aromatic heterocycles. The Labute approximate surface area is 118 Å². The second-order valence-corrected chi connectivity index (χ2v) is 6.09. The molecule has 0 fully saturated rings. The van der Waals surface area contributed by atoms with Crippen molar-refractivity contribution >= 4 is 33.4 Å². The molecule has 0 saturated heterocycles. The molecule has 1 heterocycles. The number of hydrogen-bond donors (Lipinski definition) is 1. The molecule has 0 atom stereocenters. The van der Waals surface area contributed by atoms with Crippen LogP contribution in [0.2, 0.25) is 0 Å². The minimum atomic E-state index is -0.786. The van der Waals surface area contributed by atoms with Gasteiger partial charge in [0, 0.05) is 10.0 Å². The Balaban J connectivity index is 2.37. The molecule has 0 saturated carbocycles. The molecule has 1 aromatic carbocycles. The molecule has 94 valence electrons. The first kappa shape index (κ1) is 13.2. The number of nitrogens with zero attached hydrogens (tertiary/aromatic N) is 2. The van der Waals surface area contributed by atoms with E-state index in [4.69, 9.17) is 5.73 Å². The lowest BCUT2D eigenvalue weighted by molar-refractivity contribution is -0.122. The van der Waals surface area contributed by atoms with Gasteiger partial charge >= 0.3 is 0 Å². The van der Waals surface area contributed by atoms with E-state index in [2.05, 4.69) is 25.3 Å². The molecule has 2 N–H and O–H groups in total. The first-order valence-electron chi connectivity index (χ1n) is 5.31. The fourth-order valence-corrected chi connectivity index (χ4v) is 2.34. The van der Waals surface area contributed by atoms with E-state index >= 15 is 0 Å². The van der Waals surface area contributed by atoms with Crippen LogP contribution in [0.4, 0.5) is 0 Å². The van der Waals surface area contributed by atoms with Crippen LogP contribution in [0.15, 0.2) is 28.7 Å². The molecule has 18 heavy (non-hydrogen) atoms. The number of carbonyl (C=O) groups excluding carboxylic acids is 1. The van der Waals surface area contributed by atoms with E-state index in [0.717, 1.165) is 10.0 Å². The van der Waals surface area contributed by atoms with Gasteiger partial charge in [0.2, 0.25) is 5.91 Å².